The van der Waals surface area contributed by atoms with Crippen LogP contribution in [0, 0.1) is 28.6 Å². The molecule has 0 aromatic rings. The van der Waals surface area contributed by atoms with Gasteiger partial charge in [0.15, 0.2) is 0 Å². The van der Waals surface area contributed by atoms with Crippen LogP contribution >= 0.6 is 0 Å². The van der Waals surface area contributed by atoms with Crippen molar-refractivity contribution < 1.29 is 22.8 Å². The number of nitrogens with zero attached hydrogens (tertiary/aromatic N) is 1. The van der Waals surface area contributed by atoms with Gasteiger partial charge in [0.1, 0.15) is 6.42 Å². The Morgan fingerprint density at radius 3 is 2.59 bits per heavy atom. The quantitative estimate of drug-likeness (QED) is 0.744. The summed E-state index contributed by atoms with van der Waals surface area (Å²) in [7, 11) is 1.89. The Labute approximate surface area is 170 Å². The van der Waals surface area contributed by atoms with Gasteiger partial charge in [0.25, 0.3) is 0 Å². The van der Waals surface area contributed by atoms with E-state index >= 15 is 0 Å². The molecule has 4 rings (SSSR count). The Kier molecular flexibility index (Phi) is 4.82. The van der Waals surface area contributed by atoms with Crippen molar-refractivity contribution in [3.63, 3.8) is 0 Å². The van der Waals surface area contributed by atoms with Gasteiger partial charge in [0, 0.05) is 24.5 Å². The highest BCUT2D eigenvalue weighted by Gasteiger charge is 2.60. The van der Waals surface area contributed by atoms with Gasteiger partial charge in [-0.1, -0.05) is 19.9 Å². The molecule has 0 aromatic heterocycles. The van der Waals surface area contributed by atoms with E-state index in [1.54, 1.807) is 6.08 Å². The molecule has 1 aliphatic heterocycles. The van der Waals surface area contributed by atoms with Gasteiger partial charge in [0.05, 0.1) is 0 Å². The van der Waals surface area contributed by atoms with Gasteiger partial charge in [-0.2, -0.15) is 13.2 Å². The number of nitrogens with one attached hydrogen (secondary N) is 1. The Hall–Kier alpha value is -1.53. The second-order valence-electron chi connectivity index (χ2n) is 10.2. The van der Waals surface area contributed by atoms with E-state index in [1.165, 1.54) is 0 Å². The number of fused-ring (bicyclic) bond motifs is 5. The van der Waals surface area contributed by atoms with Crippen molar-refractivity contribution in [1.82, 2.24) is 10.2 Å². The predicted octanol–water partition coefficient (Wildman–Crippen LogP) is 4.06. The van der Waals surface area contributed by atoms with Crippen LogP contribution < -0.4 is 5.32 Å². The summed E-state index contributed by atoms with van der Waals surface area (Å²) in [6.45, 7) is 4.44. The van der Waals surface area contributed by atoms with Crippen molar-refractivity contribution >= 4 is 11.8 Å². The fourth-order valence-corrected chi connectivity index (χ4v) is 7.40. The minimum Gasteiger partial charge on any atom is -0.353 e. The molecule has 0 radical (unpaired) electrons. The summed E-state index contributed by atoms with van der Waals surface area (Å²) in [6.07, 6.45) is 3.56. The molecule has 4 aliphatic rings. The lowest BCUT2D eigenvalue weighted by Crippen LogP contribution is -2.60. The third-order valence-electron chi connectivity index (χ3n) is 8.82. The largest absolute Gasteiger partial charge is 0.397 e. The molecule has 7 heteroatoms. The normalized spacial score (nSPS) is 44.1. The molecule has 0 bridgehead atoms. The van der Waals surface area contributed by atoms with Crippen molar-refractivity contribution in [2.45, 2.75) is 77.1 Å². The second-order valence-corrected chi connectivity index (χ2v) is 10.2. The van der Waals surface area contributed by atoms with Crippen molar-refractivity contribution in [2.75, 3.05) is 7.05 Å². The van der Waals surface area contributed by atoms with Crippen molar-refractivity contribution in [2.24, 2.45) is 28.6 Å². The molecule has 0 aromatic carbocycles. The Bertz CT molecular complexity index is 736. The van der Waals surface area contributed by atoms with Crippen molar-refractivity contribution in [1.29, 1.82) is 0 Å². The first kappa shape index (κ1) is 20.7. The maximum Gasteiger partial charge on any atom is 0.397 e. The summed E-state index contributed by atoms with van der Waals surface area (Å²) in [5.41, 5.74) is -0.198. The molecule has 7 atom stereocenters. The summed E-state index contributed by atoms with van der Waals surface area (Å²) < 4.78 is 37.8. The third kappa shape index (κ3) is 3.28. The molecular weight excluding hydrogens is 381 g/mol. The second kappa shape index (κ2) is 6.74. The van der Waals surface area contributed by atoms with Crippen molar-refractivity contribution in [3.05, 3.63) is 12.2 Å². The monoisotopic (exact) mass is 412 g/mol. The maximum absolute atomic E-state index is 12.6. The molecule has 3 aliphatic carbocycles. The molecule has 1 N–H and O–H groups in total. The number of hydrogen-bond donors (Lipinski definition) is 1. The van der Waals surface area contributed by atoms with Gasteiger partial charge in [-0.3, -0.25) is 9.59 Å². The summed E-state index contributed by atoms with van der Waals surface area (Å²) >= 11 is 0. The standard InChI is InChI=1S/C22H31F3N2O2/c1-20-10-8-15-13(4-7-17-21(15,2)11-9-19(29)27(17)3)14(20)5-6-16(20)26-18(28)12-22(23,24)25/h9,11,13-17H,4-8,10,12H2,1-3H3,(H,26,28)/t13-,14-,15-,16-,17+,20-,21+/m0/s1. The van der Waals surface area contributed by atoms with Gasteiger partial charge < -0.3 is 10.2 Å². The van der Waals surface area contributed by atoms with Gasteiger partial charge in [-0.25, -0.2) is 0 Å². The summed E-state index contributed by atoms with van der Waals surface area (Å²) in [5, 5.41) is 2.72. The smallest absolute Gasteiger partial charge is 0.353 e. The molecule has 3 fully saturated rings. The third-order valence-corrected chi connectivity index (χ3v) is 8.82. The predicted molar refractivity (Wildman–Crippen MR) is 103 cm³/mol. The fraction of sp³-hybridized carbons (Fsp3) is 0.818. The lowest BCUT2D eigenvalue weighted by molar-refractivity contribution is -0.155. The molecule has 29 heavy (non-hydrogen) atoms. The van der Waals surface area contributed by atoms with Crippen LogP contribution in [0.25, 0.3) is 0 Å². The number of carbonyl (C=O) groups is 2. The van der Waals surface area contributed by atoms with Crippen LogP contribution in [0.2, 0.25) is 0 Å². The minimum absolute atomic E-state index is 0.0511. The van der Waals surface area contributed by atoms with E-state index in [4.69, 9.17) is 0 Å². The molecule has 0 saturated heterocycles. The average Bonchev–Trinajstić information content (AvgIpc) is 2.93. The maximum atomic E-state index is 12.6. The van der Waals surface area contributed by atoms with Gasteiger partial charge >= 0.3 is 6.18 Å². The van der Waals surface area contributed by atoms with Gasteiger partial charge in [0.2, 0.25) is 11.8 Å². The van der Waals surface area contributed by atoms with Crippen LogP contribution in [0.4, 0.5) is 13.2 Å². The van der Waals surface area contributed by atoms with E-state index in [2.05, 4.69) is 25.2 Å². The number of likely N-dealkylation sites (N-methyl/N-ethyl adjacent to an activating group) is 1. The Morgan fingerprint density at radius 2 is 1.90 bits per heavy atom. The van der Waals surface area contributed by atoms with Crippen LogP contribution in [0.5, 0.6) is 0 Å². The van der Waals surface area contributed by atoms with Crippen LogP contribution in [0.3, 0.4) is 0 Å². The van der Waals surface area contributed by atoms with Crippen molar-refractivity contribution in [3.8, 4) is 0 Å². The fourth-order valence-electron chi connectivity index (χ4n) is 7.40. The first-order valence-corrected chi connectivity index (χ1v) is 10.8. The van der Waals surface area contributed by atoms with Crippen LogP contribution in [-0.4, -0.2) is 42.0 Å². The van der Waals surface area contributed by atoms with Crippen LogP contribution in [0.15, 0.2) is 12.2 Å². The molecule has 2 amide bonds. The Balaban J connectivity index is 1.53. The van der Waals surface area contributed by atoms with E-state index in [-0.39, 0.29) is 28.8 Å². The zero-order valence-electron chi connectivity index (χ0n) is 17.4. The van der Waals surface area contributed by atoms with Gasteiger partial charge in [-0.15, -0.1) is 0 Å². The molecule has 3 saturated carbocycles. The summed E-state index contributed by atoms with van der Waals surface area (Å²) in [4.78, 5) is 26.0. The van der Waals surface area contributed by atoms with Gasteiger partial charge in [-0.05, 0) is 67.8 Å². The number of carbonyl (C=O) groups excluding carboxylic acids is 2. The molecule has 1 heterocycles. The summed E-state index contributed by atoms with van der Waals surface area (Å²) in [5.74, 6) is 0.533. The highest BCUT2D eigenvalue weighted by atomic mass is 19.4. The van der Waals surface area contributed by atoms with E-state index in [0.29, 0.717) is 17.8 Å². The molecular formula is C22H31F3N2O2. The Morgan fingerprint density at radius 1 is 1.17 bits per heavy atom. The molecule has 0 unspecified atom stereocenters. The number of hydrogen-bond acceptors (Lipinski definition) is 2. The summed E-state index contributed by atoms with van der Waals surface area (Å²) in [6, 6.07) is 0.0364. The first-order chi connectivity index (χ1) is 13.5. The number of rotatable bonds is 2. The number of alkyl halides is 3. The highest BCUT2D eigenvalue weighted by Crippen LogP contribution is 2.63. The molecule has 4 nitrogen and oxygen atoms in total. The van der Waals surface area contributed by atoms with Crippen LogP contribution in [-0.2, 0) is 9.59 Å². The first-order valence-electron chi connectivity index (χ1n) is 10.8. The van der Waals surface area contributed by atoms with E-state index in [1.807, 2.05) is 11.9 Å². The highest BCUT2D eigenvalue weighted by molar-refractivity contribution is 5.89. The SMILES string of the molecule is CN1C(=O)C=C[C@]2(C)[C@H]3CC[C@]4(C)[C@@H](NC(=O)CC(F)(F)F)CC[C@H]4[C@@H]3CC[C@@H]12. The average molecular weight is 412 g/mol. The van der Waals surface area contributed by atoms with Crippen LogP contribution in [0.1, 0.15) is 58.8 Å². The van der Waals surface area contributed by atoms with E-state index in [9.17, 15) is 22.8 Å². The van der Waals surface area contributed by atoms with E-state index in [0.717, 1.165) is 38.5 Å². The lowest BCUT2D eigenvalue weighted by atomic mass is 9.48. The number of amides is 2. The zero-order chi connectivity index (χ0) is 21.2. The molecule has 162 valence electrons. The minimum atomic E-state index is -4.47. The lowest BCUT2D eigenvalue weighted by Gasteiger charge is -2.60. The topological polar surface area (TPSA) is 49.4 Å². The van der Waals surface area contributed by atoms with E-state index < -0.39 is 18.5 Å². The number of halogens is 3. The molecule has 0 spiro atoms. The zero-order valence-corrected chi connectivity index (χ0v) is 17.4.